The highest BCUT2D eigenvalue weighted by atomic mass is 15.3. The number of likely N-dealkylation sites (N-methyl/N-ethyl adjacent to an activating group) is 1. The quantitative estimate of drug-likeness (QED) is 0.938. The maximum atomic E-state index is 6.01. The number of anilines is 3. The highest BCUT2D eigenvalue weighted by Gasteiger charge is 2.22. The Morgan fingerprint density at radius 2 is 1.57 bits per heavy atom. The second-order valence-corrected chi connectivity index (χ2v) is 5.87. The molecule has 1 heterocycles. The SMILES string of the molecule is CC(N)Cc1ccccc1N1CCN(C)c2ccccc21. The van der Waals surface area contributed by atoms with E-state index in [1.54, 1.807) is 0 Å². The molecular formula is C18H23N3. The minimum absolute atomic E-state index is 0.175. The number of para-hydroxylation sites is 3. The summed E-state index contributed by atoms with van der Waals surface area (Å²) in [7, 11) is 2.16. The van der Waals surface area contributed by atoms with Gasteiger partial charge in [0.05, 0.1) is 11.4 Å². The first-order valence-corrected chi connectivity index (χ1v) is 7.58. The van der Waals surface area contributed by atoms with Crippen molar-refractivity contribution in [1.82, 2.24) is 0 Å². The topological polar surface area (TPSA) is 32.5 Å². The van der Waals surface area contributed by atoms with Gasteiger partial charge in [0.1, 0.15) is 0 Å². The predicted octanol–water partition coefficient (Wildman–Crippen LogP) is 3.16. The van der Waals surface area contributed by atoms with Gasteiger partial charge in [-0.15, -0.1) is 0 Å². The van der Waals surface area contributed by atoms with Crippen molar-refractivity contribution < 1.29 is 0 Å². The highest BCUT2D eigenvalue weighted by molar-refractivity contribution is 5.80. The maximum Gasteiger partial charge on any atom is 0.0649 e. The molecule has 0 saturated heterocycles. The van der Waals surface area contributed by atoms with Gasteiger partial charge in [-0.25, -0.2) is 0 Å². The molecule has 21 heavy (non-hydrogen) atoms. The summed E-state index contributed by atoms with van der Waals surface area (Å²) < 4.78 is 0. The highest BCUT2D eigenvalue weighted by Crippen LogP contribution is 2.38. The fourth-order valence-corrected chi connectivity index (χ4v) is 3.05. The Bertz CT molecular complexity index is 621. The third-order valence-corrected chi connectivity index (χ3v) is 4.07. The summed E-state index contributed by atoms with van der Waals surface area (Å²) in [6, 6.07) is 17.4. The number of fused-ring (bicyclic) bond motifs is 1. The Kier molecular flexibility index (Phi) is 3.84. The van der Waals surface area contributed by atoms with Gasteiger partial charge in [-0.3, -0.25) is 0 Å². The zero-order valence-electron chi connectivity index (χ0n) is 12.8. The maximum absolute atomic E-state index is 6.01. The van der Waals surface area contributed by atoms with Crippen LogP contribution in [-0.4, -0.2) is 26.2 Å². The lowest BCUT2D eigenvalue weighted by Crippen LogP contribution is -2.37. The van der Waals surface area contributed by atoms with Gasteiger partial charge in [-0.1, -0.05) is 30.3 Å². The fraction of sp³-hybridized carbons (Fsp3) is 0.333. The number of rotatable bonds is 3. The second-order valence-electron chi connectivity index (χ2n) is 5.87. The zero-order valence-corrected chi connectivity index (χ0v) is 12.8. The van der Waals surface area contributed by atoms with Crippen LogP contribution >= 0.6 is 0 Å². The molecule has 2 aromatic carbocycles. The van der Waals surface area contributed by atoms with Gasteiger partial charge < -0.3 is 15.5 Å². The molecule has 1 aliphatic rings. The molecule has 1 unspecified atom stereocenters. The van der Waals surface area contributed by atoms with E-state index < -0.39 is 0 Å². The van der Waals surface area contributed by atoms with Crippen LogP contribution in [0.25, 0.3) is 0 Å². The van der Waals surface area contributed by atoms with Crippen molar-refractivity contribution in [3.05, 3.63) is 54.1 Å². The standard InChI is InChI=1S/C18H23N3/c1-14(19)13-15-7-3-4-8-16(15)21-12-11-20(2)17-9-5-6-10-18(17)21/h3-10,14H,11-13,19H2,1-2H3. The van der Waals surface area contributed by atoms with Crippen LogP contribution < -0.4 is 15.5 Å². The van der Waals surface area contributed by atoms with Crippen molar-refractivity contribution in [3.8, 4) is 0 Å². The molecule has 3 rings (SSSR count). The molecule has 2 aromatic rings. The first-order valence-electron chi connectivity index (χ1n) is 7.58. The van der Waals surface area contributed by atoms with Crippen LogP contribution in [0.1, 0.15) is 12.5 Å². The average molecular weight is 281 g/mol. The van der Waals surface area contributed by atoms with E-state index in [1.807, 2.05) is 0 Å². The van der Waals surface area contributed by atoms with E-state index in [-0.39, 0.29) is 6.04 Å². The lowest BCUT2D eigenvalue weighted by molar-refractivity contribution is 0.733. The largest absolute Gasteiger partial charge is 0.371 e. The molecule has 0 amide bonds. The van der Waals surface area contributed by atoms with E-state index in [9.17, 15) is 0 Å². The molecule has 0 fully saturated rings. The molecule has 0 radical (unpaired) electrons. The minimum atomic E-state index is 0.175. The van der Waals surface area contributed by atoms with Crippen molar-refractivity contribution in [3.63, 3.8) is 0 Å². The summed E-state index contributed by atoms with van der Waals surface area (Å²) in [4.78, 5) is 4.74. The Balaban J connectivity index is 2.04. The van der Waals surface area contributed by atoms with Crippen LogP contribution in [0, 0.1) is 0 Å². The summed E-state index contributed by atoms with van der Waals surface area (Å²) in [6.07, 6.45) is 0.907. The van der Waals surface area contributed by atoms with Gasteiger partial charge in [0.15, 0.2) is 0 Å². The first-order chi connectivity index (χ1) is 10.2. The Morgan fingerprint density at radius 3 is 2.29 bits per heavy atom. The van der Waals surface area contributed by atoms with Gasteiger partial charge in [0.2, 0.25) is 0 Å². The Morgan fingerprint density at radius 1 is 0.952 bits per heavy atom. The van der Waals surface area contributed by atoms with Crippen LogP contribution in [-0.2, 0) is 6.42 Å². The molecule has 110 valence electrons. The van der Waals surface area contributed by atoms with Crippen LogP contribution in [0.4, 0.5) is 17.1 Å². The van der Waals surface area contributed by atoms with E-state index in [0.717, 1.165) is 19.5 Å². The predicted molar refractivity (Wildman–Crippen MR) is 90.5 cm³/mol. The molecule has 1 atom stereocenters. The Labute approximate surface area is 127 Å². The van der Waals surface area contributed by atoms with Gasteiger partial charge in [-0.05, 0) is 37.1 Å². The van der Waals surface area contributed by atoms with Crippen molar-refractivity contribution in [1.29, 1.82) is 0 Å². The summed E-state index contributed by atoms with van der Waals surface area (Å²) in [5.41, 5.74) is 11.2. The van der Waals surface area contributed by atoms with E-state index in [2.05, 4.69) is 72.3 Å². The van der Waals surface area contributed by atoms with E-state index in [0.29, 0.717) is 0 Å². The average Bonchev–Trinajstić information content (AvgIpc) is 2.48. The third-order valence-electron chi connectivity index (χ3n) is 4.07. The van der Waals surface area contributed by atoms with Crippen LogP contribution in [0.5, 0.6) is 0 Å². The van der Waals surface area contributed by atoms with Gasteiger partial charge in [0.25, 0.3) is 0 Å². The molecule has 0 saturated carbocycles. The molecule has 0 bridgehead atoms. The van der Waals surface area contributed by atoms with Gasteiger partial charge >= 0.3 is 0 Å². The molecular weight excluding hydrogens is 258 g/mol. The molecule has 2 N–H and O–H groups in total. The molecule has 1 aliphatic heterocycles. The molecule has 0 aliphatic carbocycles. The summed E-state index contributed by atoms with van der Waals surface area (Å²) in [5, 5.41) is 0. The summed E-state index contributed by atoms with van der Waals surface area (Å²) in [6.45, 7) is 4.10. The number of benzene rings is 2. The van der Waals surface area contributed by atoms with E-state index in [1.165, 1.54) is 22.6 Å². The van der Waals surface area contributed by atoms with Gasteiger partial charge in [-0.2, -0.15) is 0 Å². The monoisotopic (exact) mass is 281 g/mol. The van der Waals surface area contributed by atoms with Gasteiger partial charge in [0, 0.05) is 31.9 Å². The first kappa shape index (κ1) is 14.0. The smallest absolute Gasteiger partial charge is 0.0649 e. The van der Waals surface area contributed by atoms with Crippen molar-refractivity contribution >= 4 is 17.1 Å². The number of hydrogen-bond acceptors (Lipinski definition) is 3. The number of nitrogens with two attached hydrogens (primary N) is 1. The van der Waals surface area contributed by atoms with Crippen molar-refractivity contribution in [2.24, 2.45) is 5.73 Å². The minimum Gasteiger partial charge on any atom is -0.371 e. The zero-order chi connectivity index (χ0) is 14.8. The van der Waals surface area contributed by atoms with Crippen molar-refractivity contribution in [2.75, 3.05) is 29.9 Å². The number of nitrogens with zero attached hydrogens (tertiary/aromatic N) is 2. The number of hydrogen-bond donors (Lipinski definition) is 1. The van der Waals surface area contributed by atoms with Crippen LogP contribution in [0.15, 0.2) is 48.5 Å². The Hall–Kier alpha value is -2.00. The lowest BCUT2D eigenvalue weighted by Gasteiger charge is -2.38. The molecule has 3 nitrogen and oxygen atoms in total. The molecule has 3 heteroatoms. The van der Waals surface area contributed by atoms with Crippen molar-refractivity contribution in [2.45, 2.75) is 19.4 Å². The second kappa shape index (κ2) is 5.78. The summed E-state index contributed by atoms with van der Waals surface area (Å²) >= 11 is 0. The normalized spacial score (nSPS) is 15.8. The van der Waals surface area contributed by atoms with E-state index >= 15 is 0 Å². The molecule has 0 aromatic heterocycles. The van der Waals surface area contributed by atoms with E-state index in [4.69, 9.17) is 5.73 Å². The van der Waals surface area contributed by atoms with Crippen LogP contribution in [0.3, 0.4) is 0 Å². The lowest BCUT2D eigenvalue weighted by atomic mass is 10.0. The molecule has 0 spiro atoms. The fourth-order valence-electron chi connectivity index (χ4n) is 3.05. The summed E-state index contributed by atoms with van der Waals surface area (Å²) in [5.74, 6) is 0. The van der Waals surface area contributed by atoms with Crippen LogP contribution in [0.2, 0.25) is 0 Å². The third kappa shape index (κ3) is 2.74.